The third-order valence-corrected chi connectivity index (χ3v) is 6.68. The van der Waals surface area contributed by atoms with E-state index < -0.39 is 0 Å². The number of hydrogen-bond donors (Lipinski definition) is 2. The number of aliphatic hydroxyl groups excluding tert-OH is 1. The van der Waals surface area contributed by atoms with E-state index in [1.54, 1.807) is 0 Å². The van der Waals surface area contributed by atoms with Gasteiger partial charge in [0.15, 0.2) is 0 Å². The lowest BCUT2D eigenvalue weighted by Gasteiger charge is -2.46. The summed E-state index contributed by atoms with van der Waals surface area (Å²) in [6, 6.07) is 6.08. The maximum atomic E-state index is 10.4. The lowest BCUT2D eigenvalue weighted by molar-refractivity contribution is -0.433. The zero-order valence-corrected chi connectivity index (χ0v) is 14.4. The van der Waals surface area contributed by atoms with Gasteiger partial charge in [-0.15, -0.1) is 0 Å². The van der Waals surface area contributed by atoms with Gasteiger partial charge < -0.3 is 9.29 Å². The standard InChI is InChI=1S/C18H22O5S/c1-18-9-8-14-13-5-3-12(21-24-23-22-20)10-11(13)2-4-15(14)16(18)6-7-17(18)19/h3-5,10,14,16-17,19-20H,2,6-9H2,1H3/t14?,16?,17?,18-/m0/s1. The van der Waals surface area contributed by atoms with Crippen molar-refractivity contribution < 1.29 is 23.9 Å². The van der Waals surface area contributed by atoms with Crippen LogP contribution in [-0.4, -0.2) is 16.5 Å². The first-order valence-corrected chi connectivity index (χ1v) is 9.12. The summed E-state index contributed by atoms with van der Waals surface area (Å²) >= 11 is 0.577. The third kappa shape index (κ3) is 2.57. The summed E-state index contributed by atoms with van der Waals surface area (Å²) in [5, 5.41) is 22.1. The van der Waals surface area contributed by atoms with Crippen molar-refractivity contribution in [2.24, 2.45) is 11.3 Å². The van der Waals surface area contributed by atoms with Gasteiger partial charge in [0.25, 0.3) is 12.3 Å². The molecule has 0 amide bonds. The maximum Gasteiger partial charge on any atom is 0.261 e. The Morgan fingerprint density at radius 1 is 1.25 bits per heavy atom. The molecule has 6 heteroatoms. The van der Waals surface area contributed by atoms with Crippen molar-refractivity contribution in [3.05, 3.63) is 41.0 Å². The van der Waals surface area contributed by atoms with E-state index in [1.165, 1.54) is 16.7 Å². The number of fused-ring (bicyclic) bond motifs is 5. The van der Waals surface area contributed by atoms with Crippen molar-refractivity contribution in [3.63, 3.8) is 0 Å². The van der Waals surface area contributed by atoms with E-state index in [0.29, 0.717) is 29.9 Å². The van der Waals surface area contributed by atoms with Crippen LogP contribution in [0, 0.1) is 11.3 Å². The van der Waals surface area contributed by atoms with Gasteiger partial charge in [-0.25, -0.2) is 5.26 Å². The fourth-order valence-corrected chi connectivity index (χ4v) is 5.27. The molecule has 0 bridgehead atoms. The van der Waals surface area contributed by atoms with E-state index in [2.05, 4.69) is 28.4 Å². The molecule has 0 radical (unpaired) electrons. The molecule has 0 spiro atoms. The minimum Gasteiger partial charge on any atom is -0.399 e. The van der Waals surface area contributed by atoms with Crippen LogP contribution in [0.2, 0.25) is 0 Å². The average Bonchev–Trinajstić information content (AvgIpc) is 2.90. The first-order chi connectivity index (χ1) is 11.6. The van der Waals surface area contributed by atoms with Crippen molar-refractivity contribution in [3.8, 4) is 5.75 Å². The van der Waals surface area contributed by atoms with Gasteiger partial charge in [-0.1, -0.05) is 34.0 Å². The van der Waals surface area contributed by atoms with Crippen LogP contribution < -0.4 is 4.18 Å². The molecule has 24 heavy (non-hydrogen) atoms. The van der Waals surface area contributed by atoms with Crippen LogP contribution in [0.5, 0.6) is 5.75 Å². The maximum absolute atomic E-state index is 10.4. The summed E-state index contributed by atoms with van der Waals surface area (Å²) in [6.07, 6.45) is 7.31. The van der Waals surface area contributed by atoms with Crippen LogP contribution in [0.3, 0.4) is 0 Å². The summed E-state index contributed by atoms with van der Waals surface area (Å²) in [5.74, 6) is 1.65. The minimum atomic E-state index is -0.160. The first kappa shape index (κ1) is 16.4. The topological polar surface area (TPSA) is 68.2 Å². The van der Waals surface area contributed by atoms with Gasteiger partial charge in [-0.3, -0.25) is 0 Å². The molecule has 2 saturated carbocycles. The van der Waals surface area contributed by atoms with Crippen molar-refractivity contribution in [2.75, 3.05) is 0 Å². The highest BCUT2D eigenvalue weighted by molar-refractivity contribution is 7.90. The summed E-state index contributed by atoms with van der Waals surface area (Å²) in [7, 11) is 0. The SMILES string of the molecule is C[C@]12CCC3C(=CCc4cc(OSOOO)ccc43)C1CCC2O. The molecule has 130 valence electrons. The Hall–Kier alpha value is -1.05. The highest BCUT2D eigenvalue weighted by Gasteiger charge is 2.51. The Morgan fingerprint density at radius 2 is 2.12 bits per heavy atom. The highest BCUT2D eigenvalue weighted by Crippen LogP contribution is 2.59. The van der Waals surface area contributed by atoms with Crippen molar-refractivity contribution >= 4 is 12.3 Å². The van der Waals surface area contributed by atoms with Crippen molar-refractivity contribution in [1.29, 1.82) is 0 Å². The molecule has 0 heterocycles. The molecule has 3 aliphatic rings. The second kappa shape index (κ2) is 6.35. The molecule has 1 aromatic carbocycles. The smallest absolute Gasteiger partial charge is 0.261 e. The van der Waals surface area contributed by atoms with Crippen LogP contribution in [0.4, 0.5) is 0 Å². The van der Waals surface area contributed by atoms with Gasteiger partial charge >= 0.3 is 0 Å². The monoisotopic (exact) mass is 350 g/mol. The van der Waals surface area contributed by atoms with E-state index in [0.717, 1.165) is 32.1 Å². The normalized spacial score (nSPS) is 34.1. The zero-order chi connectivity index (χ0) is 16.7. The molecule has 0 saturated heterocycles. The molecule has 5 nitrogen and oxygen atoms in total. The molecule has 1 aromatic rings. The predicted molar refractivity (Wildman–Crippen MR) is 90.1 cm³/mol. The van der Waals surface area contributed by atoms with Crippen LogP contribution in [0.25, 0.3) is 0 Å². The molecule has 2 N–H and O–H groups in total. The number of hydrogen-bond acceptors (Lipinski definition) is 6. The molecule has 2 fully saturated rings. The molecule has 3 aliphatic carbocycles. The van der Waals surface area contributed by atoms with E-state index in [-0.39, 0.29) is 11.5 Å². The number of aliphatic hydroxyl groups is 1. The highest BCUT2D eigenvalue weighted by atomic mass is 32.2. The summed E-state index contributed by atoms with van der Waals surface area (Å²) in [6.45, 7) is 2.26. The molecule has 0 aromatic heterocycles. The molecule has 0 aliphatic heterocycles. The van der Waals surface area contributed by atoms with Gasteiger partial charge in [0.05, 0.1) is 6.10 Å². The molecule has 3 unspecified atom stereocenters. The minimum absolute atomic E-state index is 0.0567. The Morgan fingerprint density at radius 3 is 2.96 bits per heavy atom. The molecular formula is C18H22O5S. The third-order valence-electron chi connectivity index (χ3n) is 6.30. The first-order valence-electron chi connectivity index (χ1n) is 8.46. The lowest BCUT2D eigenvalue weighted by Crippen LogP contribution is -2.39. The number of benzene rings is 1. The van der Waals surface area contributed by atoms with E-state index in [9.17, 15) is 5.11 Å². The van der Waals surface area contributed by atoms with Crippen LogP contribution in [0.1, 0.15) is 49.7 Å². The average molecular weight is 350 g/mol. The van der Waals surface area contributed by atoms with Crippen LogP contribution >= 0.6 is 12.3 Å². The Balaban J connectivity index is 1.57. The van der Waals surface area contributed by atoms with Gasteiger partial charge in [0.2, 0.25) is 0 Å². The van der Waals surface area contributed by atoms with Gasteiger partial charge in [-0.05, 0) is 61.3 Å². The second-order valence-corrected chi connectivity index (χ2v) is 7.74. The van der Waals surface area contributed by atoms with Gasteiger partial charge in [-0.2, -0.15) is 0 Å². The summed E-state index contributed by atoms with van der Waals surface area (Å²) in [4.78, 5) is 0. The number of allylic oxidation sites excluding steroid dienone is 2. The van der Waals surface area contributed by atoms with E-state index >= 15 is 0 Å². The fourth-order valence-electron chi connectivity index (χ4n) is 5.03. The van der Waals surface area contributed by atoms with Crippen molar-refractivity contribution in [2.45, 2.75) is 51.0 Å². The van der Waals surface area contributed by atoms with Gasteiger partial charge in [0.1, 0.15) is 5.75 Å². The fraction of sp³-hybridized carbons (Fsp3) is 0.556. The van der Waals surface area contributed by atoms with Crippen LogP contribution in [0.15, 0.2) is 29.8 Å². The Labute approximate surface area is 145 Å². The Kier molecular flexibility index (Phi) is 4.34. The number of rotatable bonds is 4. The van der Waals surface area contributed by atoms with Gasteiger partial charge in [0, 0.05) is 11.3 Å². The quantitative estimate of drug-likeness (QED) is 0.279. The van der Waals surface area contributed by atoms with Crippen molar-refractivity contribution in [1.82, 2.24) is 0 Å². The largest absolute Gasteiger partial charge is 0.399 e. The van der Waals surface area contributed by atoms with E-state index in [1.807, 2.05) is 12.1 Å². The molecule has 4 rings (SSSR count). The lowest BCUT2D eigenvalue weighted by atomic mass is 9.59. The van der Waals surface area contributed by atoms with E-state index in [4.69, 9.17) is 9.44 Å². The summed E-state index contributed by atoms with van der Waals surface area (Å²) in [5.41, 5.74) is 4.25. The molecular weight excluding hydrogens is 328 g/mol. The summed E-state index contributed by atoms with van der Waals surface area (Å²) < 4.78 is 9.55. The van der Waals surface area contributed by atoms with Crippen LogP contribution in [-0.2, 0) is 15.8 Å². The molecule has 4 atom stereocenters. The predicted octanol–water partition coefficient (Wildman–Crippen LogP) is 4.19. The zero-order valence-electron chi connectivity index (χ0n) is 13.6. The second-order valence-electron chi connectivity index (χ2n) is 7.31. The Bertz CT molecular complexity index is 661.